The first-order valence-corrected chi connectivity index (χ1v) is 5.73. The monoisotopic (exact) mass is 255 g/mol. The van der Waals surface area contributed by atoms with Gasteiger partial charge in [0.1, 0.15) is 12.3 Å². The summed E-state index contributed by atoms with van der Waals surface area (Å²) in [6.07, 6.45) is 1.03. The first-order valence-electron chi connectivity index (χ1n) is 5.73. The summed E-state index contributed by atoms with van der Waals surface area (Å²) in [4.78, 5) is 27.9. The summed E-state index contributed by atoms with van der Waals surface area (Å²) in [6, 6.07) is -0.495. The number of hydrogen-bond donors (Lipinski definition) is 2. The number of aromatic nitrogens is 1. The van der Waals surface area contributed by atoms with Crippen molar-refractivity contribution in [3.8, 4) is 0 Å². The standard InChI is InChI=1S/C11H17N3O4/c1-4-14(5-2)9(15)7(3)12-11-13-8(6-18-11)10(16)17/h6-7H,4-5H2,1-3H3,(H,12,13)(H,16,17). The van der Waals surface area contributed by atoms with Gasteiger partial charge in [0.25, 0.3) is 6.01 Å². The van der Waals surface area contributed by atoms with Crippen molar-refractivity contribution >= 4 is 17.9 Å². The Morgan fingerprint density at radius 3 is 2.56 bits per heavy atom. The molecule has 0 aromatic carbocycles. The lowest BCUT2D eigenvalue weighted by Gasteiger charge is -2.22. The molecular weight excluding hydrogens is 238 g/mol. The average Bonchev–Trinajstić information content (AvgIpc) is 2.79. The smallest absolute Gasteiger partial charge is 0.357 e. The Morgan fingerprint density at radius 2 is 2.11 bits per heavy atom. The maximum absolute atomic E-state index is 11.9. The topological polar surface area (TPSA) is 95.7 Å². The second-order valence-electron chi connectivity index (χ2n) is 3.72. The molecule has 1 aromatic rings. The number of likely N-dealkylation sites (N-methyl/N-ethyl adjacent to an activating group) is 1. The fraction of sp³-hybridized carbons (Fsp3) is 0.545. The van der Waals surface area contributed by atoms with Gasteiger partial charge in [0.15, 0.2) is 5.69 Å². The number of rotatable bonds is 6. The van der Waals surface area contributed by atoms with E-state index in [-0.39, 0.29) is 17.6 Å². The van der Waals surface area contributed by atoms with Crippen LogP contribution in [-0.2, 0) is 4.79 Å². The number of carboxylic acids is 1. The van der Waals surface area contributed by atoms with Crippen LogP contribution in [0.4, 0.5) is 6.01 Å². The summed E-state index contributed by atoms with van der Waals surface area (Å²) in [5, 5.41) is 11.4. The number of aromatic carboxylic acids is 1. The maximum Gasteiger partial charge on any atom is 0.357 e. The fourth-order valence-electron chi connectivity index (χ4n) is 1.49. The molecule has 1 atom stereocenters. The van der Waals surface area contributed by atoms with E-state index in [1.54, 1.807) is 11.8 Å². The number of nitrogens with zero attached hydrogens (tertiary/aromatic N) is 2. The van der Waals surface area contributed by atoms with Gasteiger partial charge in [-0.15, -0.1) is 0 Å². The minimum atomic E-state index is -1.17. The third-order valence-corrected chi connectivity index (χ3v) is 2.51. The van der Waals surface area contributed by atoms with Crippen molar-refractivity contribution in [2.45, 2.75) is 26.8 Å². The van der Waals surface area contributed by atoms with E-state index in [4.69, 9.17) is 9.52 Å². The second kappa shape index (κ2) is 6.04. The SMILES string of the molecule is CCN(CC)C(=O)C(C)Nc1nc(C(=O)O)co1. The molecule has 7 heteroatoms. The van der Waals surface area contributed by atoms with Gasteiger partial charge in [-0.2, -0.15) is 4.98 Å². The number of hydrogen-bond acceptors (Lipinski definition) is 5. The minimum absolute atomic E-state index is 0.0282. The van der Waals surface area contributed by atoms with Gasteiger partial charge in [0.2, 0.25) is 5.91 Å². The summed E-state index contributed by atoms with van der Waals surface area (Å²) < 4.78 is 4.92. The van der Waals surface area contributed by atoms with Gasteiger partial charge in [0.05, 0.1) is 0 Å². The summed E-state index contributed by atoms with van der Waals surface area (Å²) in [7, 11) is 0. The van der Waals surface area contributed by atoms with Crippen molar-refractivity contribution in [2.75, 3.05) is 18.4 Å². The molecule has 0 aliphatic heterocycles. The molecule has 0 saturated heterocycles. The molecule has 0 radical (unpaired) electrons. The van der Waals surface area contributed by atoms with E-state index in [0.717, 1.165) is 6.26 Å². The van der Waals surface area contributed by atoms with Crippen LogP contribution < -0.4 is 5.32 Å². The van der Waals surface area contributed by atoms with Crippen molar-refractivity contribution in [2.24, 2.45) is 0 Å². The molecule has 2 N–H and O–H groups in total. The lowest BCUT2D eigenvalue weighted by Crippen LogP contribution is -2.41. The van der Waals surface area contributed by atoms with Crippen LogP contribution in [0.5, 0.6) is 0 Å². The van der Waals surface area contributed by atoms with E-state index in [9.17, 15) is 9.59 Å². The number of carbonyl (C=O) groups excluding carboxylic acids is 1. The Bertz CT molecular complexity index is 426. The van der Waals surface area contributed by atoms with Crippen molar-refractivity contribution in [3.05, 3.63) is 12.0 Å². The predicted molar refractivity (Wildman–Crippen MR) is 64.5 cm³/mol. The molecule has 1 heterocycles. The number of carboxylic acid groups (broad SMARTS) is 1. The molecule has 1 amide bonds. The Labute approximate surface area is 105 Å². The number of carbonyl (C=O) groups is 2. The largest absolute Gasteiger partial charge is 0.476 e. The van der Waals surface area contributed by atoms with Crippen LogP contribution in [0, 0.1) is 0 Å². The fourth-order valence-corrected chi connectivity index (χ4v) is 1.49. The third-order valence-electron chi connectivity index (χ3n) is 2.51. The second-order valence-corrected chi connectivity index (χ2v) is 3.72. The average molecular weight is 255 g/mol. The summed E-state index contributed by atoms with van der Waals surface area (Å²) in [5.74, 6) is -1.26. The number of amides is 1. The van der Waals surface area contributed by atoms with E-state index >= 15 is 0 Å². The van der Waals surface area contributed by atoms with Gasteiger partial charge < -0.3 is 19.7 Å². The van der Waals surface area contributed by atoms with Gasteiger partial charge in [-0.25, -0.2) is 4.79 Å². The van der Waals surface area contributed by atoms with Crippen LogP contribution in [0.2, 0.25) is 0 Å². The molecule has 0 aliphatic carbocycles. The van der Waals surface area contributed by atoms with Gasteiger partial charge in [-0.05, 0) is 20.8 Å². The lowest BCUT2D eigenvalue weighted by atomic mass is 10.3. The van der Waals surface area contributed by atoms with Gasteiger partial charge in [0, 0.05) is 13.1 Å². The van der Waals surface area contributed by atoms with Crippen molar-refractivity contribution in [3.63, 3.8) is 0 Å². The van der Waals surface area contributed by atoms with Crippen LogP contribution in [0.25, 0.3) is 0 Å². The highest BCUT2D eigenvalue weighted by molar-refractivity contribution is 5.86. The summed E-state index contributed by atoms with van der Waals surface area (Å²) in [6.45, 7) is 6.69. The summed E-state index contributed by atoms with van der Waals surface area (Å²) >= 11 is 0. The predicted octanol–water partition coefficient (Wildman–Crippen LogP) is 1.04. The third kappa shape index (κ3) is 3.22. The highest BCUT2D eigenvalue weighted by Gasteiger charge is 2.20. The van der Waals surface area contributed by atoms with Gasteiger partial charge in [-0.1, -0.05) is 0 Å². The van der Waals surface area contributed by atoms with Crippen LogP contribution in [0.1, 0.15) is 31.3 Å². The zero-order valence-electron chi connectivity index (χ0n) is 10.6. The molecule has 1 aromatic heterocycles. The molecule has 0 bridgehead atoms. The maximum atomic E-state index is 11.9. The number of anilines is 1. The Balaban J connectivity index is 2.65. The van der Waals surface area contributed by atoms with E-state index < -0.39 is 12.0 Å². The zero-order chi connectivity index (χ0) is 13.7. The highest BCUT2D eigenvalue weighted by Crippen LogP contribution is 2.09. The lowest BCUT2D eigenvalue weighted by molar-refractivity contribution is -0.131. The van der Waals surface area contributed by atoms with E-state index in [1.807, 2.05) is 13.8 Å². The van der Waals surface area contributed by atoms with Crippen molar-refractivity contribution in [1.82, 2.24) is 9.88 Å². The quantitative estimate of drug-likeness (QED) is 0.788. The van der Waals surface area contributed by atoms with Crippen LogP contribution in [0.15, 0.2) is 10.7 Å². The number of oxazole rings is 1. The molecule has 1 unspecified atom stereocenters. The van der Waals surface area contributed by atoms with Gasteiger partial charge >= 0.3 is 5.97 Å². The Hall–Kier alpha value is -2.05. The van der Waals surface area contributed by atoms with Crippen molar-refractivity contribution in [1.29, 1.82) is 0 Å². The molecule has 7 nitrogen and oxygen atoms in total. The molecule has 0 saturated carbocycles. The normalized spacial score (nSPS) is 11.9. The van der Waals surface area contributed by atoms with Crippen LogP contribution >= 0.6 is 0 Å². The Morgan fingerprint density at radius 1 is 1.50 bits per heavy atom. The van der Waals surface area contributed by atoms with E-state index in [2.05, 4.69) is 10.3 Å². The van der Waals surface area contributed by atoms with Crippen LogP contribution in [0.3, 0.4) is 0 Å². The first-order chi connectivity index (χ1) is 8.49. The molecule has 0 spiro atoms. The van der Waals surface area contributed by atoms with Crippen LogP contribution in [-0.4, -0.2) is 46.0 Å². The summed E-state index contributed by atoms with van der Waals surface area (Å²) in [5.41, 5.74) is -0.194. The molecule has 0 fully saturated rings. The highest BCUT2D eigenvalue weighted by atomic mass is 16.4. The van der Waals surface area contributed by atoms with Crippen molar-refractivity contribution < 1.29 is 19.1 Å². The van der Waals surface area contributed by atoms with E-state index in [0.29, 0.717) is 13.1 Å². The number of nitrogens with one attached hydrogen (secondary N) is 1. The Kier molecular flexibility index (Phi) is 4.70. The molecule has 0 aliphatic rings. The van der Waals surface area contributed by atoms with E-state index in [1.165, 1.54) is 0 Å². The molecule has 100 valence electrons. The molecule has 1 rings (SSSR count). The minimum Gasteiger partial charge on any atom is -0.476 e. The van der Waals surface area contributed by atoms with Gasteiger partial charge in [-0.3, -0.25) is 4.79 Å². The first kappa shape index (κ1) is 14.0. The molecular formula is C11H17N3O4. The molecule has 18 heavy (non-hydrogen) atoms. The zero-order valence-corrected chi connectivity index (χ0v) is 10.6.